The molecule has 1 aromatic heterocycles. The van der Waals surface area contributed by atoms with Gasteiger partial charge in [-0.3, -0.25) is 4.90 Å². The second kappa shape index (κ2) is 11.0. The summed E-state index contributed by atoms with van der Waals surface area (Å²) in [5, 5.41) is 6.65. The van der Waals surface area contributed by atoms with Gasteiger partial charge in [0.05, 0.1) is 18.8 Å². The number of rotatable bonds is 9. The highest BCUT2D eigenvalue weighted by Gasteiger charge is 2.17. The quantitative estimate of drug-likeness (QED) is 0.504. The summed E-state index contributed by atoms with van der Waals surface area (Å²) >= 11 is 1.68. The molecule has 5 nitrogen and oxygen atoms in total. The third-order valence-electron chi connectivity index (χ3n) is 4.18. The number of halogens is 1. The van der Waals surface area contributed by atoms with Crippen LogP contribution in [0.2, 0.25) is 0 Å². The van der Waals surface area contributed by atoms with Crippen molar-refractivity contribution < 1.29 is 8.81 Å². The molecule has 1 heterocycles. The molecule has 0 saturated carbocycles. The molecular weight excluding hydrogens is 363 g/mol. The van der Waals surface area contributed by atoms with Crippen LogP contribution in [0.4, 0.5) is 4.39 Å². The summed E-state index contributed by atoms with van der Waals surface area (Å²) < 4.78 is 19.1. The molecule has 148 valence electrons. The van der Waals surface area contributed by atoms with Gasteiger partial charge in [-0.15, -0.1) is 0 Å². The molecule has 1 aromatic carbocycles. The molecule has 0 radical (unpaired) electrons. The molecule has 27 heavy (non-hydrogen) atoms. The number of benzene rings is 1. The molecule has 2 aromatic rings. The maximum atomic E-state index is 13.5. The van der Waals surface area contributed by atoms with Crippen molar-refractivity contribution in [2.24, 2.45) is 4.99 Å². The van der Waals surface area contributed by atoms with Crippen molar-refractivity contribution in [2.75, 3.05) is 33.4 Å². The van der Waals surface area contributed by atoms with Crippen LogP contribution in [-0.4, -0.2) is 44.3 Å². The van der Waals surface area contributed by atoms with E-state index in [1.54, 1.807) is 24.1 Å². The van der Waals surface area contributed by atoms with Crippen LogP contribution >= 0.6 is 11.8 Å². The lowest BCUT2D eigenvalue weighted by molar-refractivity contribution is 0.258. The van der Waals surface area contributed by atoms with E-state index in [1.165, 1.54) is 6.07 Å². The first-order valence-electron chi connectivity index (χ1n) is 9.03. The van der Waals surface area contributed by atoms with Gasteiger partial charge in [-0.25, -0.2) is 9.38 Å². The second-order valence-electron chi connectivity index (χ2n) is 6.42. The van der Waals surface area contributed by atoms with Gasteiger partial charge in [-0.05, 0) is 62.7 Å². The highest BCUT2D eigenvalue weighted by atomic mass is 32.2. The smallest absolute Gasteiger partial charge is 0.191 e. The highest BCUT2D eigenvalue weighted by Crippen LogP contribution is 2.19. The maximum absolute atomic E-state index is 13.5. The second-order valence-corrected chi connectivity index (χ2v) is 7.28. The monoisotopic (exact) mass is 392 g/mol. The number of hydrogen-bond acceptors (Lipinski definition) is 4. The van der Waals surface area contributed by atoms with Gasteiger partial charge in [-0.1, -0.05) is 6.07 Å². The number of nitrogens with one attached hydrogen (secondary N) is 2. The Hall–Kier alpha value is -1.99. The molecule has 2 N–H and O–H groups in total. The van der Waals surface area contributed by atoms with Gasteiger partial charge < -0.3 is 15.1 Å². The molecule has 0 amide bonds. The lowest BCUT2D eigenvalue weighted by Crippen LogP contribution is -2.41. The Morgan fingerprint density at radius 3 is 2.70 bits per heavy atom. The maximum Gasteiger partial charge on any atom is 0.191 e. The average molecular weight is 393 g/mol. The number of hydrogen-bond donors (Lipinski definition) is 2. The standard InChI is InChI=1S/C20H29FN4OS/c1-5-22-20(24-13-18(25(2)3)19-7-6-10-26-19)23-12-15-8-9-17(21)11-16(15)14-27-4/h6-11,18H,5,12-14H2,1-4H3,(H2,22,23,24). The first-order valence-corrected chi connectivity index (χ1v) is 10.4. The van der Waals surface area contributed by atoms with E-state index in [-0.39, 0.29) is 11.9 Å². The SMILES string of the molecule is CCNC(=NCc1ccc(F)cc1CSC)NCC(c1ccco1)N(C)C. The zero-order valence-electron chi connectivity index (χ0n) is 16.5. The van der Waals surface area contributed by atoms with Crippen molar-refractivity contribution >= 4 is 17.7 Å². The number of furan rings is 1. The van der Waals surface area contributed by atoms with Gasteiger partial charge in [0.1, 0.15) is 11.6 Å². The summed E-state index contributed by atoms with van der Waals surface area (Å²) in [7, 11) is 4.04. The fourth-order valence-corrected chi connectivity index (χ4v) is 3.34. The van der Waals surface area contributed by atoms with Gasteiger partial charge >= 0.3 is 0 Å². The van der Waals surface area contributed by atoms with E-state index in [0.29, 0.717) is 13.1 Å². The Morgan fingerprint density at radius 1 is 1.26 bits per heavy atom. The van der Waals surface area contributed by atoms with Crippen molar-refractivity contribution in [1.29, 1.82) is 0 Å². The number of likely N-dealkylation sites (N-methyl/N-ethyl adjacent to an activating group) is 1. The minimum Gasteiger partial charge on any atom is -0.468 e. The zero-order valence-corrected chi connectivity index (χ0v) is 17.3. The third-order valence-corrected chi connectivity index (χ3v) is 4.78. The first-order chi connectivity index (χ1) is 13.0. The summed E-state index contributed by atoms with van der Waals surface area (Å²) in [4.78, 5) is 6.79. The van der Waals surface area contributed by atoms with E-state index < -0.39 is 0 Å². The number of nitrogens with zero attached hydrogens (tertiary/aromatic N) is 2. The normalized spacial score (nSPS) is 13.0. The van der Waals surface area contributed by atoms with E-state index >= 15 is 0 Å². The molecule has 1 unspecified atom stereocenters. The van der Waals surface area contributed by atoms with Crippen molar-refractivity contribution in [3.8, 4) is 0 Å². The Balaban J connectivity index is 2.08. The topological polar surface area (TPSA) is 52.8 Å². The zero-order chi connectivity index (χ0) is 19.6. The van der Waals surface area contributed by atoms with Crippen molar-refractivity contribution in [3.05, 3.63) is 59.3 Å². The van der Waals surface area contributed by atoms with Crippen LogP contribution in [0.5, 0.6) is 0 Å². The van der Waals surface area contributed by atoms with E-state index in [4.69, 9.17) is 4.42 Å². The van der Waals surface area contributed by atoms with E-state index in [9.17, 15) is 4.39 Å². The highest BCUT2D eigenvalue weighted by molar-refractivity contribution is 7.97. The summed E-state index contributed by atoms with van der Waals surface area (Å²) in [6.45, 7) is 3.96. The van der Waals surface area contributed by atoms with Crippen LogP contribution in [-0.2, 0) is 12.3 Å². The molecule has 0 fully saturated rings. The van der Waals surface area contributed by atoms with Crippen molar-refractivity contribution in [3.63, 3.8) is 0 Å². The molecule has 0 spiro atoms. The largest absolute Gasteiger partial charge is 0.468 e. The molecular formula is C20H29FN4OS. The van der Waals surface area contributed by atoms with E-state index in [1.807, 2.05) is 45.5 Å². The molecule has 0 saturated heterocycles. The Kier molecular flexibility index (Phi) is 8.67. The van der Waals surface area contributed by atoms with Gasteiger partial charge in [0, 0.05) is 18.8 Å². The fraction of sp³-hybridized carbons (Fsp3) is 0.450. The van der Waals surface area contributed by atoms with Crippen molar-refractivity contribution in [2.45, 2.75) is 25.3 Å². The van der Waals surface area contributed by atoms with Crippen LogP contribution in [0.25, 0.3) is 0 Å². The lowest BCUT2D eigenvalue weighted by atomic mass is 10.1. The lowest BCUT2D eigenvalue weighted by Gasteiger charge is -2.23. The summed E-state index contributed by atoms with van der Waals surface area (Å²) in [5.74, 6) is 2.21. The molecule has 2 rings (SSSR count). The first kappa shape index (κ1) is 21.3. The van der Waals surface area contributed by atoms with E-state index in [0.717, 1.165) is 35.1 Å². The van der Waals surface area contributed by atoms with Crippen LogP contribution < -0.4 is 10.6 Å². The fourth-order valence-electron chi connectivity index (χ4n) is 2.76. The van der Waals surface area contributed by atoms with Crippen molar-refractivity contribution in [1.82, 2.24) is 15.5 Å². The predicted octanol–water partition coefficient (Wildman–Crippen LogP) is 3.64. The van der Waals surface area contributed by atoms with Crippen LogP contribution in [0.1, 0.15) is 29.9 Å². The minimum atomic E-state index is -0.205. The van der Waals surface area contributed by atoms with Gasteiger partial charge in [0.25, 0.3) is 0 Å². The van der Waals surface area contributed by atoms with Gasteiger partial charge in [0.15, 0.2) is 5.96 Å². The average Bonchev–Trinajstić information content (AvgIpc) is 3.15. The van der Waals surface area contributed by atoms with Crippen LogP contribution in [0.3, 0.4) is 0 Å². The number of guanidine groups is 1. The molecule has 7 heteroatoms. The van der Waals surface area contributed by atoms with Gasteiger partial charge in [-0.2, -0.15) is 11.8 Å². The third kappa shape index (κ3) is 6.59. The number of thioether (sulfide) groups is 1. The van der Waals surface area contributed by atoms with Gasteiger partial charge in [0.2, 0.25) is 0 Å². The predicted molar refractivity (Wildman–Crippen MR) is 112 cm³/mol. The summed E-state index contributed by atoms with van der Waals surface area (Å²) in [6, 6.07) is 8.88. The van der Waals surface area contributed by atoms with E-state index in [2.05, 4.69) is 20.5 Å². The molecule has 0 aliphatic heterocycles. The summed E-state index contributed by atoms with van der Waals surface area (Å²) in [6.07, 6.45) is 3.70. The Bertz CT molecular complexity index is 719. The minimum absolute atomic E-state index is 0.0988. The molecule has 0 bridgehead atoms. The summed E-state index contributed by atoms with van der Waals surface area (Å²) in [5.41, 5.74) is 2.03. The Morgan fingerprint density at radius 2 is 2.07 bits per heavy atom. The molecule has 1 atom stereocenters. The van der Waals surface area contributed by atoms with Crippen LogP contribution in [0, 0.1) is 5.82 Å². The Labute approximate surface area is 165 Å². The molecule has 0 aliphatic rings. The molecule has 0 aliphatic carbocycles. The van der Waals surface area contributed by atoms with Crippen LogP contribution in [0.15, 0.2) is 46.0 Å². The number of aliphatic imine (C=N–C) groups is 1.